The van der Waals surface area contributed by atoms with Crippen LogP contribution in [0.5, 0.6) is 0 Å². The van der Waals surface area contributed by atoms with Gasteiger partial charge in [0.05, 0.1) is 0 Å². The number of ketones is 1. The van der Waals surface area contributed by atoms with Gasteiger partial charge in [-0.3, -0.25) is 9.78 Å². The van der Waals surface area contributed by atoms with Crippen molar-refractivity contribution in [3.63, 3.8) is 0 Å². The van der Waals surface area contributed by atoms with E-state index in [0.717, 1.165) is 19.3 Å². The maximum atomic E-state index is 11.5. The molecule has 1 rings (SSSR count). The molecule has 0 unspecified atom stereocenters. The minimum absolute atomic E-state index is 0.0866. The molecule has 0 saturated heterocycles. The van der Waals surface area contributed by atoms with E-state index in [9.17, 15) is 4.79 Å². The van der Waals surface area contributed by atoms with Gasteiger partial charge in [-0.25, -0.2) is 0 Å². The third kappa shape index (κ3) is 3.66. The molecule has 3 heteroatoms. The molecular weight excluding hydrogens is 178 g/mol. The zero-order valence-corrected chi connectivity index (χ0v) is 8.15. The van der Waals surface area contributed by atoms with Crippen LogP contribution in [0, 0.1) is 0 Å². The highest BCUT2D eigenvalue weighted by Gasteiger charge is 2.05. The van der Waals surface area contributed by atoms with E-state index in [4.69, 9.17) is 5.11 Å². The van der Waals surface area contributed by atoms with Crippen molar-refractivity contribution in [3.05, 3.63) is 30.1 Å². The Labute approximate surface area is 83.8 Å². The first-order chi connectivity index (χ1) is 6.84. The van der Waals surface area contributed by atoms with Gasteiger partial charge in [0.15, 0.2) is 5.78 Å². The highest BCUT2D eigenvalue weighted by molar-refractivity contribution is 5.94. The standard InChI is InChI=1S/C11H15NO2/c13-9-5-1-2-7-11(14)10-6-3-4-8-12-10/h3-4,6,8,13H,1-2,5,7,9H2. The summed E-state index contributed by atoms with van der Waals surface area (Å²) in [6, 6.07) is 5.34. The molecule has 0 aromatic carbocycles. The number of carbonyl (C=O) groups is 1. The van der Waals surface area contributed by atoms with E-state index in [1.165, 1.54) is 0 Å². The van der Waals surface area contributed by atoms with E-state index in [0.29, 0.717) is 12.1 Å². The van der Waals surface area contributed by atoms with Crippen molar-refractivity contribution in [2.75, 3.05) is 6.61 Å². The van der Waals surface area contributed by atoms with Crippen LogP contribution in [0.15, 0.2) is 24.4 Å². The maximum absolute atomic E-state index is 11.5. The predicted molar refractivity (Wildman–Crippen MR) is 54.1 cm³/mol. The number of hydrogen-bond donors (Lipinski definition) is 1. The summed E-state index contributed by atoms with van der Waals surface area (Å²) in [4.78, 5) is 15.5. The van der Waals surface area contributed by atoms with Gasteiger partial charge in [-0.2, -0.15) is 0 Å². The van der Waals surface area contributed by atoms with Gasteiger partial charge in [0.1, 0.15) is 5.69 Å². The number of aromatic nitrogens is 1. The molecule has 0 aliphatic heterocycles. The Hall–Kier alpha value is -1.22. The smallest absolute Gasteiger partial charge is 0.181 e. The number of Topliss-reactive ketones (excluding diaryl/α,β-unsaturated/α-hetero) is 1. The van der Waals surface area contributed by atoms with Crippen molar-refractivity contribution in [1.82, 2.24) is 4.98 Å². The van der Waals surface area contributed by atoms with Gasteiger partial charge in [0.2, 0.25) is 0 Å². The summed E-state index contributed by atoms with van der Waals surface area (Å²) in [6.07, 6.45) is 4.65. The second-order valence-electron chi connectivity index (χ2n) is 3.17. The molecule has 0 saturated carbocycles. The Balaban J connectivity index is 2.29. The van der Waals surface area contributed by atoms with Gasteiger partial charge < -0.3 is 5.11 Å². The molecule has 0 aliphatic rings. The summed E-state index contributed by atoms with van der Waals surface area (Å²) in [7, 11) is 0. The molecule has 14 heavy (non-hydrogen) atoms. The Kier molecular flexibility index (Phi) is 4.86. The first kappa shape index (κ1) is 10.9. The summed E-state index contributed by atoms with van der Waals surface area (Å²) in [5, 5.41) is 8.55. The fourth-order valence-electron chi connectivity index (χ4n) is 1.23. The largest absolute Gasteiger partial charge is 0.396 e. The molecule has 76 valence electrons. The molecule has 0 spiro atoms. The normalized spacial score (nSPS) is 10.1. The average Bonchev–Trinajstić information content (AvgIpc) is 2.25. The number of nitrogens with zero attached hydrogens (tertiary/aromatic N) is 1. The van der Waals surface area contributed by atoms with Crippen molar-refractivity contribution >= 4 is 5.78 Å². The van der Waals surface area contributed by atoms with Crippen molar-refractivity contribution in [2.45, 2.75) is 25.7 Å². The van der Waals surface area contributed by atoms with Crippen molar-refractivity contribution in [3.8, 4) is 0 Å². The van der Waals surface area contributed by atoms with Gasteiger partial charge in [-0.05, 0) is 25.0 Å². The molecule has 0 fully saturated rings. The lowest BCUT2D eigenvalue weighted by Crippen LogP contribution is -2.01. The van der Waals surface area contributed by atoms with Crippen LogP contribution in [0.1, 0.15) is 36.2 Å². The van der Waals surface area contributed by atoms with Crippen LogP contribution in [-0.2, 0) is 0 Å². The minimum atomic E-state index is 0.0866. The van der Waals surface area contributed by atoms with Crippen molar-refractivity contribution < 1.29 is 9.90 Å². The van der Waals surface area contributed by atoms with Gasteiger partial charge in [-0.15, -0.1) is 0 Å². The molecule has 1 N–H and O–H groups in total. The average molecular weight is 193 g/mol. The summed E-state index contributed by atoms with van der Waals surface area (Å²) >= 11 is 0. The van der Waals surface area contributed by atoms with Gasteiger partial charge in [0, 0.05) is 19.2 Å². The number of aliphatic hydroxyl groups is 1. The van der Waals surface area contributed by atoms with E-state index in [2.05, 4.69) is 4.98 Å². The van der Waals surface area contributed by atoms with E-state index in [-0.39, 0.29) is 12.4 Å². The molecule has 1 heterocycles. The van der Waals surface area contributed by atoms with Crippen LogP contribution in [0.2, 0.25) is 0 Å². The number of rotatable bonds is 6. The van der Waals surface area contributed by atoms with E-state index < -0.39 is 0 Å². The van der Waals surface area contributed by atoms with E-state index >= 15 is 0 Å². The van der Waals surface area contributed by atoms with Gasteiger partial charge >= 0.3 is 0 Å². The Morgan fingerprint density at radius 2 is 2.14 bits per heavy atom. The molecule has 1 aromatic rings. The molecule has 0 aliphatic carbocycles. The van der Waals surface area contributed by atoms with Crippen LogP contribution >= 0.6 is 0 Å². The number of aliphatic hydroxyl groups excluding tert-OH is 1. The maximum Gasteiger partial charge on any atom is 0.181 e. The molecule has 0 atom stereocenters. The predicted octanol–water partition coefficient (Wildman–Crippen LogP) is 1.82. The van der Waals surface area contributed by atoms with Crippen LogP contribution in [0.4, 0.5) is 0 Å². The molecule has 0 amide bonds. The Morgan fingerprint density at radius 1 is 1.29 bits per heavy atom. The fourth-order valence-corrected chi connectivity index (χ4v) is 1.23. The minimum Gasteiger partial charge on any atom is -0.396 e. The molecule has 1 aromatic heterocycles. The lowest BCUT2D eigenvalue weighted by atomic mass is 10.1. The summed E-state index contributed by atoms with van der Waals surface area (Å²) in [5.41, 5.74) is 0.538. The summed E-state index contributed by atoms with van der Waals surface area (Å²) < 4.78 is 0. The first-order valence-electron chi connectivity index (χ1n) is 4.89. The Morgan fingerprint density at radius 3 is 2.79 bits per heavy atom. The zero-order valence-electron chi connectivity index (χ0n) is 8.15. The van der Waals surface area contributed by atoms with Crippen LogP contribution in [0.25, 0.3) is 0 Å². The fraction of sp³-hybridized carbons (Fsp3) is 0.455. The van der Waals surface area contributed by atoms with Gasteiger partial charge in [-0.1, -0.05) is 12.5 Å². The number of hydrogen-bond acceptors (Lipinski definition) is 3. The highest BCUT2D eigenvalue weighted by atomic mass is 16.2. The summed E-state index contributed by atoms with van der Waals surface area (Å²) in [5.74, 6) is 0.0866. The molecule has 3 nitrogen and oxygen atoms in total. The van der Waals surface area contributed by atoms with Crippen molar-refractivity contribution in [2.24, 2.45) is 0 Å². The number of unbranched alkanes of at least 4 members (excludes halogenated alkanes) is 2. The Bertz CT molecular complexity index is 272. The highest BCUT2D eigenvalue weighted by Crippen LogP contribution is 2.05. The van der Waals surface area contributed by atoms with Crippen LogP contribution < -0.4 is 0 Å². The number of pyridine rings is 1. The molecule has 0 bridgehead atoms. The zero-order chi connectivity index (χ0) is 10.2. The van der Waals surface area contributed by atoms with Crippen LogP contribution in [-0.4, -0.2) is 22.5 Å². The second kappa shape index (κ2) is 6.27. The van der Waals surface area contributed by atoms with Gasteiger partial charge in [0.25, 0.3) is 0 Å². The van der Waals surface area contributed by atoms with E-state index in [1.807, 2.05) is 6.07 Å². The lowest BCUT2D eigenvalue weighted by molar-refractivity contribution is 0.0973. The molecule has 0 radical (unpaired) electrons. The van der Waals surface area contributed by atoms with Crippen LogP contribution in [0.3, 0.4) is 0 Å². The second-order valence-corrected chi connectivity index (χ2v) is 3.17. The van der Waals surface area contributed by atoms with E-state index in [1.54, 1.807) is 18.3 Å². The number of carbonyl (C=O) groups excluding carboxylic acids is 1. The summed E-state index contributed by atoms with van der Waals surface area (Å²) in [6.45, 7) is 0.206. The first-order valence-corrected chi connectivity index (χ1v) is 4.89. The topological polar surface area (TPSA) is 50.2 Å². The monoisotopic (exact) mass is 193 g/mol. The van der Waals surface area contributed by atoms with Crippen molar-refractivity contribution in [1.29, 1.82) is 0 Å². The SMILES string of the molecule is O=C(CCCCCO)c1ccccn1. The quantitative estimate of drug-likeness (QED) is 0.553. The third-order valence-electron chi connectivity index (χ3n) is 2.01. The molecular formula is C11H15NO2. The lowest BCUT2D eigenvalue weighted by Gasteiger charge is -1.99. The third-order valence-corrected chi connectivity index (χ3v) is 2.01.